The average Bonchev–Trinajstić information content (AvgIpc) is 3.11. The average molecular weight is 438 g/mol. The lowest BCUT2D eigenvalue weighted by atomic mass is 9.78. The van der Waals surface area contributed by atoms with E-state index in [2.05, 4.69) is 4.90 Å². The Bertz CT molecular complexity index is 606. The van der Waals surface area contributed by atoms with Crippen molar-refractivity contribution in [3.63, 3.8) is 0 Å². The Balaban J connectivity index is 0.000000396. The molecule has 0 aromatic heterocycles. The highest BCUT2D eigenvalue weighted by Gasteiger charge is 2.48. The molecule has 1 atom stereocenters. The number of hydrogen-bond acceptors (Lipinski definition) is 5. The summed E-state index contributed by atoms with van der Waals surface area (Å²) in [5.74, 6) is -3.82. The molecule has 0 bridgehead atoms. The molecule has 3 fully saturated rings. The van der Waals surface area contributed by atoms with Crippen LogP contribution in [0.5, 0.6) is 0 Å². The zero-order valence-corrected chi connectivity index (χ0v) is 16.8. The minimum atomic E-state index is -5.08. The molecule has 1 saturated carbocycles. The van der Waals surface area contributed by atoms with Gasteiger partial charge in [0.15, 0.2) is 0 Å². The van der Waals surface area contributed by atoms with Gasteiger partial charge in [-0.1, -0.05) is 25.7 Å². The summed E-state index contributed by atoms with van der Waals surface area (Å²) in [4.78, 5) is 38.0. The molecule has 8 nitrogen and oxygen atoms in total. The number of alkyl halides is 3. The van der Waals surface area contributed by atoms with Crippen LogP contribution in [0, 0.1) is 5.41 Å². The van der Waals surface area contributed by atoms with Crippen LogP contribution in [-0.4, -0.2) is 89.5 Å². The van der Waals surface area contributed by atoms with Gasteiger partial charge in [-0.2, -0.15) is 13.2 Å². The van der Waals surface area contributed by atoms with Crippen LogP contribution in [0.2, 0.25) is 0 Å². The van der Waals surface area contributed by atoms with Crippen LogP contribution in [0.15, 0.2) is 0 Å². The Morgan fingerprint density at radius 1 is 0.933 bits per heavy atom. The number of halogens is 3. The third-order valence-electron chi connectivity index (χ3n) is 6.04. The maximum atomic E-state index is 13.0. The number of carboxylic acids is 2. The smallest absolute Gasteiger partial charge is 0.480 e. The third kappa shape index (κ3) is 6.07. The molecule has 0 spiro atoms. The van der Waals surface area contributed by atoms with Crippen molar-refractivity contribution in [2.24, 2.45) is 5.41 Å². The van der Waals surface area contributed by atoms with Crippen molar-refractivity contribution >= 4 is 17.8 Å². The fourth-order valence-corrected chi connectivity index (χ4v) is 4.25. The molecule has 1 amide bonds. The lowest BCUT2D eigenvalue weighted by Crippen LogP contribution is -2.57. The summed E-state index contributed by atoms with van der Waals surface area (Å²) < 4.78 is 37.2. The van der Waals surface area contributed by atoms with Gasteiger partial charge in [-0.25, -0.2) is 4.79 Å². The van der Waals surface area contributed by atoms with Gasteiger partial charge in [0.1, 0.15) is 5.41 Å². The molecular formula is C19H29F3N2O6. The number of nitrogens with zero attached hydrogens (tertiary/aromatic N) is 2. The van der Waals surface area contributed by atoms with Crippen LogP contribution < -0.4 is 0 Å². The van der Waals surface area contributed by atoms with Crippen LogP contribution in [-0.2, 0) is 19.1 Å². The van der Waals surface area contributed by atoms with E-state index in [1.54, 1.807) is 4.90 Å². The number of rotatable bonds is 3. The number of carboxylic acid groups (broad SMARTS) is 2. The molecule has 0 radical (unpaired) electrons. The normalized spacial score (nSPS) is 25.0. The van der Waals surface area contributed by atoms with Gasteiger partial charge in [-0.3, -0.25) is 14.5 Å². The summed E-state index contributed by atoms with van der Waals surface area (Å²) >= 11 is 0. The maximum absolute atomic E-state index is 13.0. The van der Waals surface area contributed by atoms with E-state index in [-0.39, 0.29) is 5.91 Å². The highest BCUT2D eigenvalue weighted by molar-refractivity contribution is 6.02. The molecule has 172 valence electrons. The van der Waals surface area contributed by atoms with Crippen molar-refractivity contribution < 1.29 is 42.5 Å². The first-order valence-corrected chi connectivity index (χ1v) is 10.2. The van der Waals surface area contributed by atoms with Gasteiger partial charge < -0.3 is 19.8 Å². The van der Waals surface area contributed by atoms with E-state index >= 15 is 0 Å². The molecule has 1 aliphatic carbocycles. The van der Waals surface area contributed by atoms with Crippen LogP contribution in [0.25, 0.3) is 0 Å². The highest BCUT2D eigenvalue weighted by atomic mass is 19.4. The van der Waals surface area contributed by atoms with E-state index in [0.717, 1.165) is 58.4 Å². The largest absolute Gasteiger partial charge is 0.490 e. The second-order valence-corrected chi connectivity index (χ2v) is 7.95. The van der Waals surface area contributed by atoms with Crippen LogP contribution in [0.4, 0.5) is 13.2 Å². The van der Waals surface area contributed by atoms with E-state index < -0.39 is 23.5 Å². The maximum Gasteiger partial charge on any atom is 0.490 e. The Hall–Kier alpha value is -1.88. The number of aliphatic carboxylic acids is 2. The summed E-state index contributed by atoms with van der Waals surface area (Å²) in [6.45, 7) is 4.55. The van der Waals surface area contributed by atoms with E-state index in [9.17, 15) is 27.9 Å². The van der Waals surface area contributed by atoms with Gasteiger partial charge in [0, 0.05) is 38.8 Å². The number of amides is 1. The Morgan fingerprint density at radius 3 is 1.87 bits per heavy atom. The molecule has 0 aromatic carbocycles. The number of carbonyl (C=O) groups is 3. The summed E-state index contributed by atoms with van der Waals surface area (Å²) in [6, 6.07) is 0.471. The van der Waals surface area contributed by atoms with Crippen LogP contribution in [0.3, 0.4) is 0 Å². The minimum Gasteiger partial charge on any atom is -0.480 e. The van der Waals surface area contributed by atoms with Crippen LogP contribution >= 0.6 is 0 Å². The Labute approximate surface area is 172 Å². The number of piperazine rings is 1. The Kier molecular flexibility index (Phi) is 8.48. The fraction of sp³-hybridized carbons (Fsp3) is 0.842. The topological polar surface area (TPSA) is 107 Å². The molecule has 2 aliphatic heterocycles. The van der Waals surface area contributed by atoms with Gasteiger partial charge in [-0.05, 0) is 19.3 Å². The second-order valence-electron chi connectivity index (χ2n) is 7.95. The standard InChI is InChI=1S/C17H28N2O4.C2HF3O2/c20-15(17(16(21)22)6-3-1-2-4-7-17)19-10-8-18(9-11-19)14-5-12-23-13-14;3-2(4,5)1(6)7/h14H,1-13H2,(H,21,22);(H,6,7). The summed E-state index contributed by atoms with van der Waals surface area (Å²) in [5.41, 5.74) is -1.17. The lowest BCUT2D eigenvalue weighted by molar-refractivity contribution is -0.192. The molecule has 2 N–H and O–H groups in total. The van der Waals surface area contributed by atoms with E-state index in [0.29, 0.717) is 32.0 Å². The van der Waals surface area contributed by atoms with Crippen LogP contribution in [0.1, 0.15) is 44.9 Å². The van der Waals surface area contributed by atoms with Gasteiger partial charge >= 0.3 is 18.1 Å². The Morgan fingerprint density at radius 2 is 1.47 bits per heavy atom. The first-order chi connectivity index (χ1) is 14.1. The molecule has 2 saturated heterocycles. The molecule has 2 heterocycles. The molecule has 1 unspecified atom stereocenters. The van der Waals surface area contributed by atoms with Crippen molar-refractivity contribution in [3.05, 3.63) is 0 Å². The molecule has 30 heavy (non-hydrogen) atoms. The fourth-order valence-electron chi connectivity index (χ4n) is 4.25. The van der Waals surface area contributed by atoms with Gasteiger partial charge in [-0.15, -0.1) is 0 Å². The van der Waals surface area contributed by atoms with Crippen molar-refractivity contribution in [1.29, 1.82) is 0 Å². The van der Waals surface area contributed by atoms with Crippen molar-refractivity contribution in [2.75, 3.05) is 39.4 Å². The monoisotopic (exact) mass is 438 g/mol. The second kappa shape index (κ2) is 10.4. The zero-order valence-electron chi connectivity index (χ0n) is 16.8. The number of carbonyl (C=O) groups excluding carboxylic acids is 1. The summed E-state index contributed by atoms with van der Waals surface area (Å²) in [6.07, 6.45) is 0.743. The minimum absolute atomic E-state index is 0.144. The van der Waals surface area contributed by atoms with E-state index in [1.165, 1.54) is 0 Å². The first kappa shape index (κ1) is 24.4. The quantitative estimate of drug-likeness (QED) is 0.513. The number of ether oxygens (including phenoxy) is 1. The molecular weight excluding hydrogens is 409 g/mol. The van der Waals surface area contributed by atoms with Gasteiger partial charge in [0.05, 0.1) is 6.61 Å². The molecule has 3 aliphatic rings. The number of hydrogen-bond donors (Lipinski definition) is 2. The van der Waals surface area contributed by atoms with E-state index in [4.69, 9.17) is 14.6 Å². The lowest BCUT2D eigenvalue weighted by Gasteiger charge is -2.41. The third-order valence-corrected chi connectivity index (χ3v) is 6.04. The zero-order chi connectivity index (χ0) is 22.4. The predicted octanol–water partition coefficient (Wildman–Crippen LogP) is 1.98. The van der Waals surface area contributed by atoms with Gasteiger partial charge in [0.25, 0.3) is 0 Å². The summed E-state index contributed by atoms with van der Waals surface area (Å²) in [7, 11) is 0. The highest BCUT2D eigenvalue weighted by Crippen LogP contribution is 2.37. The molecule has 11 heteroatoms. The SMILES string of the molecule is O=C(O)C(F)(F)F.O=C(O)C1(C(=O)N2CCN(C3CCOC3)CC2)CCCCCC1. The molecule has 3 rings (SSSR count). The first-order valence-electron chi connectivity index (χ1n) is 10.2. The van der Waals surface area contributed by atoms with E-state index in [1.807, 2.05) is 0 Å². The van der Waals surface area contributed by atoms with Gasteiger partial charge in [0.2, 0.25) is 5.91 Å². The van der Waals surface area contributed by atoms with Crippen molar-refractivity contribution in [3.8, 4) is 0 Å². The predicted molar refractivity (Wildman–Crippen MR) is 98.8 cm³/mol. The summed E-state index contributed by atoms with van der Waals surface area (Å²) in [5, 5.41) is 16.9. The van der Waals surface area contributed by atoms with Crippen molar-refractivity contribution in [1.82, 2.24) is 9.80 Å². The molecule has 0 aromatic rings. The van der Waals surface area contributed by atoms with Crippen molar-refractivity contribution in [2.45, 2.75) is 57.2 Å².